The molecule has 1 fully saturated rings. The molecule has 234 valence electrons. The minimum atomic E-state index is -0.220. The minimum absolute atomic E-state index is 0.182. The summed E-state index contributed by atoms with van der Waals surface area (Å²) in [6, 6.07) is 15.1. The van der Waals surface area contributed by atoms with Gasteiger partial charge >= 0.3 is 6.09 Å². The number of rotatable bonds is 20. The van der Waals surface area contributed by atoms with Gasteiger partial charge < -0.3 is 24.8 Å². The van der Waals surface area contributed by atoms with Crippen molar-refractivity contribution in [1.82, 2.24) is 4.90 Å². The lowest BCUT2D eigenvalue weighted by Gasteiger charge is -2.31. The summed E-state index contributed by atoms with van der Waals surface area (Å²) in [6.45, 7) is 15.1. The monoisotopic (exact) mass is 580 g/mol. The van der Waals surface area contributed by atoms with Crippen LogP contribution in [0.2, 0.25) is 0 Å². The van der Waals surface area contributed by atoms with Crippen LogP contribution in [0.25, 0.3) is 0 Å². The maximum atomic E-state index is 12.6. The number of benzene rings is 2. The van der Waals surface area contributed by atoms with Gasteiger partial charge in [-0.1, -0.05) is 69.5 Å². The third-order valence-corrected chi connectivity index (χ3v) is 8.93. The van der Waals surface area contributed by atoms with Gasteiger partial charge in [0, 0.05) is 19.8 Å². The van der Waals surface area contributed by atoms with E-state index in [1.807, 2.05) is 4.90 Å². The Kier molecular flexibility index (Phi) is 14.3. The van der Waals surface area contributed by atoms with E-state index >= 15 is 0 Å². The van der Waals surface area contributed by atoms with E-state index < -0.39 is 0 Å². The van der Waals surface area contributed by atoms with Gasteiger partial charge in [0.1, 0.15) is 6.10 Å². The highest BCUT2D eigenvalue weighted by molar-refractivity contribution is 5.70. The van der Waals surface area contributed by atoms with Gasteiger partial charge in [0.2, 0.25) is 0 Å². The van der Waals surface area contributed by atoms with Gasteiger partial charge in [-0.3, -0.25) is 0 Å². The van der Waals surface area contributed by atoms with Crippen LogP contribution >= 0.6 is 0 Å². The first-order valence-electron chi connectivity index (χ1n) is 16.3. The molecule has 42 heavy (non-hydrogen) atoms. The Morgan fingerprint density at radius 3 is 2.45 bits per heavy atom. The second-order valence-corrected chi connectivity index (χ2v) is 12.5. The molecule has 1 heterocycles. The molecule has 6 heteroatoms. The Bertz CT molecular complexity index is 1090. The number of ether oxygens (including phenoxy) is 3. The van der Waals surface area contributed by atoms with Crippen LogP contribution in [0.3, 0.4) is 0 Å². The van der Waals surface area contributed by atoms with E-state index in [9.17, 15) is 4.79 Å². The number of aryl methyl sites for hydroxylation is 2. The number of carbonyl (C=O) groups excluding carboxylic acids is 1. The molecule has 2 atom stereocenters. The Morgan fingerprint density at radius 2 is 1.71 bits per heavy atom. The normalized spacial score (nSPS) is 16.2. The third kappa shape index (κ3) is 11.0. The molecule has 0 spiro atoms. The molecule has 0 saturated carbocycles. The molecule has 0 radical (unpaired) electrons. The Balaban J connectivity index is 1.27. The molecule has 2 aromatic rings. The zero-order valence-electron chi connectivity index (χ0n) is 27.0. The maximum Gasteiger partial charge on any atom is 0.410 e. The predicted octanol–water partition coefficient (Wildman–Crippen LogP) is 7.93. The van der Waals surface area contributed by atoms with Crippen molar-refractivity contribution in [3.63, 3.8) is 0 Å². The van der Waals surface area contributed by atoms with Gasteiger partial charge in [0.15, 0.2) is 0 Å². The van der Waals surface area contributed by atoms with Gasteiger partial charge in [-0.2, -0.15) is 0 Å². The number of cyclic esters (lactones) is 1. The van der Waals surface area contributed by atoms with E-state index in [-0.39, 0.29) is 17.8 Å². The van der Waals surface area contributed by atoms with Crippen LogP contribution < -0.4 is 5.73 Å². The predicted molar refractivity (Wildman–Crippen MR) is 172 cm³/mol. The lowest BCUT2D eigenvalue weighted by Crippen LogP contribution is -2.32. The number of nitrogens with zero attached hydrogens (tertiary/aromatic N) is 1. The fraction of sp³-hybridized carbons (Fsp3) is 0.639. The fourth-order valence-corrected chi connectivity index (χ4v) is 5.41. The van der Waals surface area contributed by atoms with Crippen LogP contribution in [0.15, 0.2) is 42.5 Å². The van der Waals surface area contributed by atoms with Crippen LogP contribution in [0.1, 0.15) is 107 Å². The van der Waals surface area contributed by atoms with E-state index in [1.54, 1.807) is 0 Å². The van der Waals surface area contributed by atoms with E-state index in [1.165, 1.54) is 16.7 Å². The highest BCUT2D eigenvalue weighted by Gasteiger charge is 2.32. The van der Waals surface area contributed by atoms with Crippen molar-refractivity contribution in [2.75, 3.05) is 32.8 Å². The van der Waals surface area contributed by atoms with Crippen LogP contribution in [0, 0.1) is 12.8 Å². The van der Waals surface area contributed by atoms with Crippen LogP contribution in [0.5, 0.6) is 0 Å². The van der Waals surface area contributed by atoms with Crippen molar-refractivity contribution in [3.05, 3.63) is 70.3 Å². The standard InChI is InChI=1S/C36H56N2O4/c1-6-29(3)36(4,5)41-27-33-25-32(18-17-28(33)2)34-26-38(35(39)42-34)21-10-7-8-11-22-40-23-12-9-14-30-15-13-16-31(24-30)19-20-37/h13,15-18,24-25,29,34H,6-12,14,19-23,26-27,37H2,1-5H3. The summed E-state index contributed by atoms with van der Waals surface area (Å²) >= 11 is 0. The van der Waals surface area contributed by atoms with E-state index in [0.29, 0.717) is 25.6 Å². The molecule has 0 aliphatic carbocycles. The first-order valence-corrected chi connectivity index (χ1v) is 16.3. The van der Waals surface area contributed by atoms with Crippen molar-refractivity contribution in [3.8, 4) is 0 Å². The first-order chi connectivity index (χ1) is 20.2. The molecular formula is C36H56N2O4. The van der Waals surface area contributed by atoms with Crippen molar-refractivity contribution >= 4 is 6.09 Å². The van der Waals surface area contributed by atoms with Crippen molar-refractivity contribution in [2.45, 2.75) is 111 Å². The summed E-state index contributed by atoms with van der Waals surface area (Å²) in [5.74, 6) is 0.476. The Morgan fingerprint density at radius 1 is 1.00 bits per heavy atom. The van der Waals surface area contributed by atoms with Crippen molar-refractivity contribution in [1.29, 1.82) is 0 Å². The zero-order chi connectivity index (χ0) is 30.4. The number of nitrogens with two attached hydrogens (primary N) is 1. The molecule has 2 unspecified atom stereocenters. The fourth-order valence-electron chi connectivity index (χ4n) is 5.41. The molecule has 0 bridgehead atoms. The lowest BCUT2D eigenvalue weighted by molar-refractivity contribution is -0.0668. The van der Waals surface area contributed by atoms with Crippen molar-refractivity contribution < 1.29 is 19.0 Å². The second kappa shape index (κ2) is 17.6. The highest BCUT2D eigenvalue weighted by Crippen LogP contribution is 2.30. The van der Waals surface area contributed by atoms with Crippen LogP contribution in [0.4, 0.5) is 4.79 Å². The molecule has 1 aliphatic heterocycles. The van der Waals surface area contributed by atoms with Crippen molar-refractivity contribution in [2.24, 2.45) is 11.7 Å². The molecule has 2 aromatic carbocycles. The van der Waals surface area contributed by atoms with E-state index in [4.69, 9.17) is 19.9 Å². The number of amides is 1. The SMILES string of the molecule is CCC(C)C(C)(C)OCc1cc(C2CN(CCCCCCOCCCCc3cccc(CCN)c3)C(=O)O2)ccc1C. The first kappa shape index (κ1) is 34.1. The topological polar surface area (TPSA) is 74.0 Å². The summed E-state index contributed by atoms with van der Waals surface area (Å²) in [5, 5.41) is 0. The van der Waals surface area contributed by atoms with Gasteiger partial charge in [0.05, 0.1) is 18.8 Å². The van der Waals surface area contributed by atoms with Gasteiger partial charge in [-0.15, -0.1) is 0 Å². The van der Waals surface area contributed by atoms with E-state index in [2.05, 4.69) is 77.1 Å². The average molecular weight is 581 g/mol. The van der Waals surface area contributed by atoms with E-state index in [0.717, 1.165) is 88.7 Å². The number of carbonyl (C=O) groups is 1. The maximum absolute atomic E-state index is 12.6. The largest absolute Gasteiger partial charge is 0.439 e. The summed E-state index contributed by atoms with van der Waals surface area (Å²) < 4.78 is 17.9. The summed E-state index contributed by atoms with van der Waals surface area (Å²) in [5.41, 5.74) is 11.6. The number of unbranched alkanes of at least 4 members (excludes halogenated alkanes) is 4. The van der Waals surface area contributed by atoms with Crippen LogP contribution in [-0.4, -0.2) is 49.4 Å². The van der Waals surface area contributed by atoms with Gasteiger partial charge in [0.25, 0.3) is 0 Å². The van der Waals surface area contributed by atoms with Gasteiger partial charge in [-0.05, 0) is 106 Å². The number of hydrogen-bond acceptors (Lipinski definition) is 5. The average Bonchev–Trinajstić information content (AvgIpc) is 3.35. The quantitative estimate of drug-likeness (QED) is 0.161. The molecule has 1 amide bonds. The minimum Gasteiger partial charge on any atom is -0.439 e. The van der Waals surface area contributed by atoms with Gasteiger partial charge in [-0.25, -0.2) is 4.79 Å². The molecule has 6 nitrogen and oxygen atoms in total. The smallest absolute Gasteiger partial charge is 0.410 e. The Labute approximate surface area is 255 Å². The summed E-state index contributed by atoms with van der Waals surface area (Å²) in [7, 11) is 0. The molecule has 1 aliphatic rings. The highest BCUT2D eigenvalue weighted by atomic mass is 16.6. The molecule has 3 rings (SSSR count). The second-order valence-electron chi connectivity index (χ2n) is 12.5. The number of hydrogen-bond donors (Lipinski definition) is 1. The zero-order valence-corrected chi connectivity index (χ0v) is 27.0. The lowest BCUT2D eigenvalue weighted by atomic mass is 9.90. The molecule has 2 N–H and O–H groups in total. The molecule has 0 aromatic heterocycles. The Hall–Kier alpha value is -2.41. The van der Waals surface area contributed by atoms with Crippen LogP contribution in [-0.2, 0) is 33.7 Å². The molecular weight excluding hydrogens is 524 g/mol. The summed E-state index contributed by atoms with van der Waals surface area (Å²) in [4.78, 5) is 14.4. The third-order valence-electron chi connectivity index (χ3n) is 8.93. The summed E-state index contributed by atoms with van der Waals surface area (Å²) in [6.07, 6.45) is 9.20. The molecule has 1 saturated heterocycles.